The van der Waals surface area contributed by atoms with Crippen molar-refractivity contribution in [3.8, 4) is 0 Å². The summed E-state index contributed by atoms with van der Waals surface area (Å²) in [4.78, 5) is 53.5. The van der Waals surface area contributed by atoms with Crippen molar-refractivity contribution >= 4 is 29.9 Å². The first-order valence-corrected chi connectivity index (χ1v) is 10.7. The van der Waals surface area contributed by atoms with Crippen molar-refractivity contribution in [2.75, 3.05) is 31.5 Å². The number of hydrogen-bond donors (Lipinski definition) is 2. The zero-order valence-corrected chi connectivity index (χ0v) is 17.8. The minimum Gasteiger partial charge on any atom is -0.338 e. The summed E-state index contributed by atoms with van der Waals surface area (Å²) in [6.45, 7) is 1.69. The van der Waals surface area contributed by atoms with Crippen LogP contribution in [0.15, 0.2) is 40.3 Å². The third-order valence-corrected chi connectivity index (χ3v) is 4.52. The third kappa shape index (κ3) is 12.8. The van der Waals surface area contributed by atoms with E-state index in [0.717, 1.165) is 44.9 Å². The number of imide groups is 1. The summed E-state index contributed by atoms with van der Waals surface area (Å²) < 4.78 is 0. The molecule has 1 aromatic carbocycles. The molecule has 4 amide bonds. The van der Waals surface area contributed by atoms with Crippen molar-refractivity contribution in [3.63, 3.8) is 0 Å². The Morgan fingerprint density at radius 1 is 0.774 bits per heavy atom. The Hall–Kier alpha value is -3.28. The van der Waals surface area contributed by atoms with E-state index < -0.39 is 12.1 Å². The van der Waals surface area contributed by atoms with Crippen molar-refractivity contribution in [1.29, 1.82) is 0 Å². The Bertz CT molecular complexity index is 744. The zero-order chi connectivity index (χ0) is 22.6. The van der Waals surface area contributed by atoms with Gasteiger partial charge in [0.15, 0.2) is 0 Å². The molecule has 0 saturated carbocycles. The van der Waals surface area contributed by atoms with Gasteiger partial charge in [0, 0.05) is 18.8 Å². The van der Waals surface area contributed by atoms with E-state index in [4.69, 9.17) is 0 Å². The van der Waals surface area contributed by atoms with Gasteiger partial charge in [0.2, 0.25) is 12.2 Å². The molecule has 1 aromatic rings. The van der Waals surface area contributed by atoms with Crippen molar-refractivity contribution in [1.82, 2.24) is 10.2 Å². The summed E-state index contributed by atoms with van der Waals surface area (Å²) >= 11 is 0. The van der Waals surface area contributed by atoms with Gasteiger partial charge in [0.25, 0.3) is 0 Å². The number of carbonyl (C=O) groups excluding carboxylic acids is 4. The van der Waals surface area contributed by atoms with E-state index in [0.29, 0.717) is 38.3 Å². The Labute approximate surface area is 183 Å². The van der Waals surface area contributed by atoms with Crippen molar-refractivity contribution in [2.45, 2.75) is 51.4 Å². The number of para-hydroxylation sites is 1. The van der Waals surface area contributed by atoms with Gasteiger partial charge in [-0.1, -0.05) is 43.9 Å². The number of amides is 4. The molecular weight excluding hydrogens is 398 g/mol. The average Bonchev–Trinajstić information content (AvgIpc) is 2.78. The van der Waals surface area contributed by atoms with Crippen molar-refractivity contribution in [2.24, 2.45) is 9.98 Å². The number of carbonyl (C=O) groups is 2. The molecule has 31 heavy (non-hydrogen) atoms. The SMILES string of the molecule is O=C=NCCCCCCNC(=O)N(CCCCCCN=C=O)C(=O)Nc1ccccc1. The first kappa shape index (κ1) is 25.8. The molecule has 1 rings (SSSR count). The summed E-state index contributed by atoms with van der Waals surface area (Å²) in [5.74, 6) is 0. The minimum atomic E-state index is -0.471. The fraction of sp³-hybridized carbons (Fsp3) is 0.545. The zero-order valence-electron chi connectivity index (χ0n) is 17.8. The van der Waals surface area contributed by atoms with Crippen LogP contribution < -0.4 is 10.6 Å². The molecule has 0 spiro atoms. The molecule has 9 heteroatoms. The van der Waals surface area contributed by atoms with Crippen LogP contribution in [0.2, 0.25) is 0 Å². The summed E-state index contributed by atoms with van der Waals surface area (Å²) in [7, 11) is 0. The van der Waals surface area contributed by atoms with E-state index in [2.05, 4.69) is 20.6 Å². The maximum atomic E-state index is 12.6. The largest absolute Gasteiger partial charge is 0.338 e. The number of unbranched alkanes of at least 4 members (excludes halogenated alkanes) is 6. The second-order valence-electron chi connectivity index (χ2n) is 6.95. The first-order chi connectivity index (χ1) is 15.2. The smallest absolute Gasteiger partial charge is 0.329 e. The molecule has 0 aliphatic heterocycles. The number of rotatable bonds is 15. The number of urea groups is 2. The van der Waals surface area contributed by atoms with Gasteiger partial charge in [-0.15, -0.1) is 0 Å². The van der Waals surface area contributed by atoms with Gasteiger partial charge in [0.05, 0.1) is 13.1 Å². The third-order valence-electron chi connectivity index (χ3n) is 4.52. The second-order valence-corrected chi connectivity index (χ2v) is 6.95. The number of isocyanates is 2. The van der Waals surface area contributed by atoms with Crippen molar-refractivity contribution in [3.05, 3.63) is 30.3 Å². The predicted molar refractivity (Wildman–Crippen MR) is 118 cm³/mol. The Kier molecular flexibility index (Phi) is 14.6. The van der Waals surface area contributed by atoms with Gasteiger partial charge in [-0.05, 0) is 37.8 Å². The van der Waals surface area contributed by atoms with Crippen LogP contribution in [-0.4, -0.2) is 55.3 Å². The molecule has 0 radical (unpaired) electrons. The molecule has 0 unspecified atom stereocenters. The topological polar surface area (TPSA) is 120 Å². The molecule has 0 bridgehead atoms. The van der Waals surface area contributed by atoms with Gasteiger partial charge in [0.1, 0.15) is 0 Å². The Morgan fingerprint density at radius 3 is 1.97 bits per heavy atom. The fourth-order valence-electron chi connectivity index (χ4n) is 2.87. The molecule has 0 aliphatic rings. The molecular formula is C22H31N5O4. The second kappa shape index (κ2) is 17.6. The highest BCUT2D eigenvalue weighted by Crippen LogP contribution is 2.09. The lowest BCUT2D eigenvalue weighted by atomic mass is 10.2. The van der Waals surface area contributed by atoms with E-state index in [9.17, 15) is 19.2 Å². The minimum absolute atomic E-state index is 0.297. The quantitative estimate of drug-likeness (QED) is 0.248. The van der Waals surface area contributed by atoms with Crippen LogP contribution in [-0.2, 0) is 9.59 Å². The Morgan fingerprint density at radius 2 is 1.35 bits per heavy atom. The van der Waals surface area contributed by atoms with E-state index >= 15 is 0 Å². The van der Waals surface area contributed by atoms with E-state index in [-0.39, 0.29) is 0 Å². The number of hydrogen-bond acceptors (Lipinski definition) is 6. The van der Waals surface area contributed by atoms with Crippen LogP contribution in [0.5, 0.6) is 0 Å². The van der Waals surface area contributed by atoms with Crippen LogP contribution in [0.4, 0.5) is 15.3 Å². The summed E-state index contributed by atoms with van der Waals surface area (Å²) in [6.07, 6.45) is 9.54. The van der Waals surface area contributed by atoms with Gasteiger partial charge in [-0.2, -0.15) is 0 Å². The molecule has 0 heterocycles. The van der Waals surface area contributed by atoms with E-state index in [1.165, 1.54) is 17.1 Å². The van der Waals surface area contributed by atoms with Crippen LogP contribution in [0.3, 0.4) is 0 Å². The van der Waals surface area contributed by atoms with E-state index in [1.807, 2.05) is 18.2 Å². The predicted octanol–water partition coefficient (Wildman–Crippen LogP) is 4.02. The molecule has 0 fully saturated rings. The highest BCUT2D eigenvalue weighted by molar-refractivity contribution is 6.00. The highest BCUT2D eigenvalue weighted by atomic mass is 16.2. The summed E-state index contributed by atoms with van der Waals surface area (Å²) in [5.41, 5.74) is 0.620. The number of anilines is 1. The van der Waals surface area contributed by atoms with Gasteiger partial charge < -0.3 is 10.6 Å². The maximum absolute atomic E-state index is 12.6. The first-order valence-electron chi connectivity index (χ1n) is 10.7. The summed E-state index contributed by atoms with van der Waals surface area (Å²) in [6, 6.07) is 8.09. The van der Waals surface area contributed by atoms with Crippen LogP contribution in [0.1, 0.15) is 51.4 Å². The Balaban J connectivity index is 2.45. The van der Waals surface area contributed by atoms with Crippen LogP contribution >= 0.6 is 0 Å². The number of nitrogens with zero attached hydrogens (tertiary/aromatic N) is 3. The molecule has 0 saturated heterocycles. The van der Waals surface area contributed by atoms with Gasteiger partial charge in [-0.25, -0.2) is 34.1 Å². The standard InChI is InChI=1S/C22H31N5O4/c28-18-23-14-8-1-2-10-16-25-21(30)27(17-11-4-3-9-15-24-19-29)22(31)26-20-12-6-5-7-13-20/h5-7,12-13H,1-4,8-11,14-17H2,(H,25,30)(H,26,31). The molecule has 2 N–H and O–H groups in total. The van der Waals surface area contributed by atoms with E-state index in [1.54, 1.807) is 12.1 Å². The molecule has 0 aromatic heterocycles. The normalized spacial score (nSPS) is 9.81. The monoisotopic (exact) mass is 429 g/mol. The van der Waals surface area contributed by atoms with Gasteiger partial charge >= 0.3 is 12.1 Å². The lowest BCUT2D eigenvalue weighted by Gasteiger charge is -2.22. The lowest BCUT2D eigenvalue weighted by molar-refractivity contribution is 0.192. The van der Waals surface area contributed by atoms with Gasteiger partial charge in [-0.3, -0.25) is 0 Å². The summed E-state index contributed by atoms with van der Waals surface area (Å²) in [5, 5.41) is 5.55. The number of benzene rings is 1. The fourth-order valence-corrected chi connectivity index (χ4v) is 2.87. The highest BCUT2D eigenvalue weighted by Gasteiger charge is 2.20. The lowest BCUT2D eigenvalue weighted by Crippen LogP contribution is -2.46. The molecule has 9 nitrogen and oxygen atoms in total. The number of nitrogens with one attached hydrogen (secondary N) is 2. The maximum Gasteiger partial charge on any atom is 0.329 e. The van der Waals surface area contributed by atoms with Crippen molar-refractivity contribution < 1.29 is 19.2 Å². The van der Waals surface area contributed by atoms with Crippen LogP contribution in [0.25, 0.3) is 0 Å². The number of aliphatic imine (C=N–C) groups is 2. The molecule has 0 aliphatic carbocycles. The molecule has 0 atom stereocenters. The van der Waals surface area contributed by atoms with Crippen LogP contribution in [0, 0.1) is 0 Å². The average molecular weight is 430 g/mol. The molecule has 168 valence electrons.